The van der Waals surface area contributed by atoms with E-state index in [0.717, 1.165) is 32.5 Å². The van der Waals surface area contributed by atoms with Crippen molar-refractivity contribution in [3.05, 3.63) is 76.1 Å². The van der Waals surface area contributed by atoms with E-state index in [0.29, 0.717) is 29.2 Å². The van der Waals surface area contributed by atoms with E-state index in [4.69, 9.17) is 9.15 Å². The lowest BCUT2D eigenvalue weighted by Gasteiger charge is -2.32. The summed E-state index contributed by atoms with van der Waals surface area (Å²) in [5, 5.41) is 3.33. The zero-order chi connectivity index (χ0) is 20.9. The van der Waals surface area contributed by atoms with Crippen LogP contribution in [0.1, 0.15) is 29.0 Å². The van der Waals surface area contributed by atoms with Crippen molar-refractivity contribution in [3.63, 3.8) is 0 Å². The predicted molar refractivity (Wildman–Crippen MR) is 116 cm³/mol. The van der Waals surface area contributed by atoms with E-state index < -0.39 is 0 Å². The Morgan fingerprint density at radius 2 is 1.90 bits per heavy atom. The summed E-state index contributed by atoms with van der Waals surface area (Å²) in [6.07, 6.45) is 2.07. The number of amides is 1. The molecule has 156 valence electrons. The lowest BCUT2D eigenvalue weighted by atomic mass is 9.96. The lowest BCUT2D eigenvalue weighted by Crippen LogP contribution is -2.38. The molecule has 1 N–H and O–H groups in total. The molecule has 0 bridgehead atoms. The highest BCUT2D eigenvalue weighted by Crippen LogP contribution is 2.20. The smallest absolute Gasteiger partial charge is 0.287 e. The molecule has 4 rings (SSSR count). The number of hydrogen-bond donors (Lipinski definition) is 1. The van der Waals surface area contributed by atoms with Crippen molar-refractivity contribution in [3.8, 4) is 5.75 Å². The van der Waals surface area contributed by atoms with Crippen LogP contribution in [-0.4, -0.2) is 37.6 Å². The number of ether oxygens (including phenoxy) is 1. The average molecular weight is 406 g/mol. The minimum atomic E-state index is -0.350. The summed E-state index contributed by atoms with van der Waals surface area (Å²) in [6.45, 7) is 3.58. The Kier molecular flexibility index (Phi) is 6.14. The Morgan fingerprint density at radius 3 is 2.63 bits per heavy atom. The molecule has 1 aliphatic heterocycles. The molecule has 0 saturated carbocycles. The van der Waals surface area contributed by atoms with E-state index in [-0.39, 0.29) is 17.1 Å². The molecule has 0 atom stereocenters. The molecule has 6 heteroatoms. The maximum Gasteiger partial charge on any atom is 0.287 e. The third-order valence-corrected chi connectivity index (χ3v) is 5.67. The fourth-order valence-corrected chi connectivity index (χ4v) is 3.89. The number of benzene rings is 2. The Labute approximate surface area is 175 Å². The molecule has 2 aromatic carbocycles. The number of rotatable bonds is 6. The van der Waals surface area contributed by atoms with Crippen LogP contribution in [0.5, 0.6) is 5.75 Å². The topological polar surface area (TPSA) is 71.8 Å². The van der Waals surface area contributed by atoms with E-state index in [1.165, 1.54) is 18.7 Å². The average Bonchev–Trinajstić information content (AvgIpc) is 2.79. The van der Waals surface area contributed by atoms with Gasteiger partial charge in [0.25, 0.3) is 5.91 Å². The van der Waals surface area contributed by atoms with Gasteiger partial charge in [0.05, 0.1) is 12.5 Å². The summed E-state index contributed by atoms with van der Waals surface area (Å²) < 4.78 is 10.8. The summed E-state index contributed by atoms with van der Waals surface area (Å²) in [7, 11) is 1.54. The maximum atomic E-state index is 12.5. The first-order chi connectivity index (χ1) is 14.6. The lowest BCUT2D eigenvalue weighted by molar-refractivity contribution is 0.0908. The molecule has 1 aromatic heterocycles. The van der Waals surface area contributed by atoms with Crippen molar-refractivity contribution < 1.29 is 13.9 Å². The zero-order valence-electron chi connectivity index (χ0n) is 17.1. The monoisotopic (exact) mass is 406 g/mol. The van der Waals surface area contributed by atoms with E-state index in [1.54, 1.807) is 18.2 Å². The highest BCUT2D eigenvalue weighted by Gasteiger charge is 2.21. The largest absolute Gasteiger partial charge is 0.497 e. The van der Waals surface area contributed by atoms with Gasteiger partial charge >= 0.3 is 0 Å². The number of methoxy groups -OCH3 is 1. The third-order valence-electron chi connectivity index (χ3n) is 5.67. The zero-order valence-corrected chi connectivity index (χ0v) is 17.1. The normalized spacial score (nSPS) is 15.2. The molecule has 3 aromatic rings. The predicted octanol–water partition coefficient (Wildman–Crippen LogP) is 3.44. The molecule has 2 heterocycles. The Bertz CT molecular complexity index is 1070. The molecule has 0 radical (unpaired) electrons. The van der Waals surface area contributed by atoms with Crippen molar-refractivity contribution >= 4 is 16.9 Å². The molecule has 1 saturated heterocycles. The van der Waals surface area contributed by atoms with E-state index in [9.17, 15) is 9.59 Å². The summed E-state index contributed by atoms with van der Waals surface area (Å²) in [6, 6.07) is 16.7. The number of fused-ring (bicyclic) bond motifs is 1. The molecule has 1 fully saturated rings. The van der Waals surface area contributed by atoms with Crippen molar-refractivity contribution in [1.29, 1.82) is 0 Å². The number of carbonyl (C=O) groups excluding carboxylic acids is 1. The van der Waals surface area contributed by atoms with Gasteiger partial charge in [-0.3, -0.25) is 14.5 Å². The standard InChI is InChI=1S/C24H26N2O4/c1-29-19-7-8-22-20(13-19)21(27)14-23(30-22)24(28)25-15-17-9-11-26(12-10-17)16-18-5-3-2-4-6-18/h2-8,13-14,17H,9-12,15-16H2,1H3,(H,25,28). The SMILES string of the molecule is COc1ccc2oc(C(=O)NCC3CCN(Cc4ccccc4)CC3)cc(=O)c2c1. The van der Waals surface area contributed by atoms with Crippen molar-refractivity contribution in [2.75, 3.05) is 26.7 Å². The molecule has 1 aliphatic rings. The van der Waals surface area contributed by atoms with Gasteiger partial charge in [-0.2, -0.15) is 0 Å². The van der Waals surface area contributed by atoms with Gasteiger partial charge in [-0.05, 0) is 55.6 Å². The van der Waals surface area contributed by atoms with Crippen LogP contribution < -0.4 is 15.5 Å². The molecule has 0 aliphatic carbocycles. The summed E-state index contributed by atoms with van der Waals surface area (Å²) in [5.74, 6) is 0.693. The van der Waals surface area contributed by atoms with Crippen molar-refractivity contribution in [1.82, 2.24) is 10.2 Å². The van der Waals surface area contributed by atoms with Gasteiger partial charge in [0.2, 0.25) is 0 Å². The Balaban J connectivity index is 1.31. The van der Waals surface area contributed by atoms with Crippen molar-refractivity contribution in [2.24, 2.45) is 5.92 Å². The molecule has 0 spiro atoms. The molecule has 6 nitrogen and oxygen atoms in total. The van der Waals surface area contributed by atoms with Crippen LogP contribution in [0.25, 0.3) is 11.0 Å². The number of likely N-dealkylation sites (tertiary alicyclic amines) is 1. The first kappa shape index (κ1) is 20.2. The minimum absolute atomic E-state index is 0.0409. The highest BCUT2D eigenvalue weighted by molar-refractivity contribution is 5.93. The second-order valence-electron chi connectivity index (χ2n) is 7.75. The first-order valence-corrected chi connectivity index (χ1v) is 10.3. The van der Waals surface area contributed by atoms with Gasteiger partial charge in [0.15, 0.2) is 11.2 Å². The molecule has 0 unspecified atom stereocenters. The van der Waals surface area contributed by atoms with E-state index in [1.807, 2.05) is 6.07 Å². The summed E-state index contributed by atoms with van der Waals surface area (Å²) >= 11 is 0. The fraction of sp³-hybridized carbons (Fsp3) is 0.333. The first-order valence-electron chi connectivity index (χ1n) is 10.3. The van der Waals surface area contributed by atoms with Crippen molar-refractivity contribution in [2.45, 2.75) is 19.4 Å². The minimum Gasteiger partial charge on any atom is -0.497 e. The Hall–Kier alpha value is -3.12. The second kappa shape index (κ2) is 9.13. The van der Waals surface area contributed by atoms with Gasteiger partial charge in [-0.15, -0.1) is 0 Å². The number of piperidine rings is 1. The quantitative estimate of drug-likeness (QED) is 0.679. The summed E-state index contributed by atoms with van der Waals surface area (Å²) in [4.78, 5) is 27.3. The third kappa shape index (κ3) is 4.71. The number of nitrogens with one attached hydrogen (secondary N) is 1. The van der Waals surface area contributed by atoms with Gasteiger partial charge < -0.3 is 14.5 Å². The van der Waals surface area contributed by atoms with Crippen LogP contribution in [0.15, 0.2) is 63.8 Å². The van der Waals surface area contributed by atoms with E-state index >= 15 is 0 Å². The molecular formula is C24H26N2O4. The van der Waals surface area contributed by atoms with Crippen LogP contribution in [0.2, 0.25) is 0 Å². The van der Waals surface area contributed by atoms with Crippen LogP contribution in [0, 0.1) is 5.92 Å². The second-order valence-corrected chi connectivity index (χ2v) is 7.75. The number of carbonyl (C=O) groups is 1. The maximum absolute atomic E-state index is 12.5. The van der Waals surface area contributed by atoms with Crippen LogP contribution >= 0.6 is 0 Å². The van der Waals surface area contributed by atoms with Gasteiger partial charge in [0.1, 0.15) is 11.3 Å². The molecule has 30 heavy (non-hydrogen) atoms. The fourth-order valence-electron chi connectivity index (χ4n) is 3.89. The number of hydrogen-bond acceptors (Lipinski definition) is 5. The van der Waals surface area contributed by atoms with Crippen LogP contribution in [0.4, 0.5) is 0 Å². The number of nitrogens with zero attached hydrogens (tertiary/aromatic N) is 1. The molecular weight excluding hydrogens is 380 g/mol. The van der Waals surface area contributed by atoms with E-state index in [2.05, 4.69) is 34.5 Å². The summed E-state index contributed by atoms with van der Waals surface area (Å²) in [5.41, 5.74) is 1.45. The van der Waals surface area contributed by atoms with Crippen LogP contribution in [0.3, 0.4) is 0 Å². The van der Waals surface area contributed by atoms with Gasteiger partial charge in [-0.25, -0.2) is 0 Å². The van der Waals surface area contributed by atoms with Gasteiger partial charge in [0, 0.05) is 19.2 Å². The van der Waals surface area contributed by atoms with Gasteiger partial charge in [-0.1, -0.05) is 30.3 Å². The molecule has 1 amide bonds. The Morgan fingerprint density at radius 1 is 1.13 bits per heavy atom. The van der Waals surface area contributed by atoms with Crippen LogP contribution in [-0.2, 0) is 6.54 Å². The highest BCUT2D eigenvalue weighted by atomic mass is 16.5.